The molecule has 0 amide bonds. The zero-order chi connectivity index (χ0) is 45.0. The standard InChI is InChI=1S/C53H70O12/c1-18-23-14-30(42-26-9-21(38(23)42)12-29(26)51(60)63-17-35(55)65-53(3,4)5)36(18)44-31-15-34(41-24-8-20(39(31)41)11-27(24)48(56)57)47(44)46-32-16-33(45(46)37-19(2)49(58)64-52(37)61)43-25-10-22(40(32)43)13-28(25)50(59)62-7-6-54/h18-34,36-47,54H,6-17H2,1-5H3,(H,56,57). The van der Waals surface area contributed by atoms with Crippen molar-refractivity contribution in [3.63, 3.8) is 0 Å². The van der Waals surface area contributed by atoms with Gasteiger partial charge in [-0.05, 0) is 221 Å². The SMILES string of the molecule is CC1C(=O)OC(=O)C1C1C2CC(C3C4CC(C(=O)OCCO)C(C4)C23)C1C1C2CC(C3C4CC(C(=O)O)C(C4)C23)C1C1C(C)C2CC1C1C3CC(CC3C(=O)OCC(=O)OC(C)(C)C)C21. The number of aliphatic carboxylic acids is 1. The van der Waals surface area contributed by atoms with Crippen LogP contribution in [0.3, 0.4) is 0 Å². The van der Waals surface area contributed by atoms with E-state index in [0.29, 0.717) is 107 Å². The van der Waals surface area contributed by atoms with Crippen LogP contribution in [-0.4, -0.2) is 71.5 Å². The molecular weight excluding hydrogens is 829 g/mol. The molecule has 1 saturated heterocycles. The number of carbonyl (C=O) groups is 6. The Kier molecular flexibility index (Phi) is 9.25. The Bertz CT molecular complexity index is 2090. The van der Waals surface area contributed by atoms with Crippen LogP contribution in [0.15, 0.2) is 0 Å². The van der Waals surface area contributed by atoms with Gasteiger partial charge in [0.15, 0.2) is 6.61 Å². The number of cyclic esters (lactones) is 2. The summed E-state index contributed by atoms with van der Waals surface area (Å²) in [5.74, 6) is 5.45. The predicted octanol–water partition coefficient (Wildman–Crippen LogP) is 6.16. The first-order valence-electron chi connectivity index (χ1n) is 26.2. The molecule has 13 aliphatic rings. The average Bonchev–Trinajstić information content (AvgIpc) is 4.09. The maximum Gasteiger partial charge on any atom is 0.344 e. The van der Waals surface area contributed by atoms with Crippen molar-refractivity contribution in [3.8, 4) is 0 Å². The number of esters is 5. The van der Waals surface area contributed by atoms with E-state index >= 15 is 0 Å². The van der Waals surface area contributed by atoms with E-state index in [-0.39, 0.29) is 91.0 Å². The molecule has 0 aromatic carbocycles. The van der Waals surface area contributed by atoms with Crippen LogP contribution in [0.25, 0.3) is 0 Å². The van der Waals surface area contributed by atoms with Crippen molar-refractivity contribution in [1.29, 1.82) is 0 Å². The summed E-state index contributed by atoms with van der Waals surface area (Å²) in [5.41, 5.74) is -0.655. The summed E-state index contributed by atoms with van der Waals surface area (Å²) < 4.78 is 22.3. The molecule has 354 valence electrons. The van der Waals surface area contributed by atoms with E-state index in [1.165, 1.54) is 6.42 Å². The molecular formula is C53H70O12. The third-order valence-electron chi connectivity index (χ3n) is 23.3. The number of aliphatic hydroxyl groups excluding tert-OH is 1. The molecule has 12 heteroatoms. The summed E-state index contributed by atoms with van der Waals surface area (Å²) in [6.07, 6.45) is 8.92. The number of aliphatic hydroxyl groups is 1. The van der Waals surface area contributed by atoms with Crippen molar-refractivity contribution in [3.05, 3.63) is 0 Å². The summed E-state index contributed by atoms with van der Waals surface area (Å²) in [6.45, 7) is 9.35. The largest absolute Gasteiger partial charge is 0.481 e. The zero-order valence-electron chi connectivity index (χ0n) is 38.7. The van der Waals surface area contributed by atoms with Crippen LogP contribution >= 0.6 is 0 Å². The van der Waals surface area contributed by atoms with Crippen molar-refractivity contribution >= 4 is 35.8 Å². The van der Waals surface area contributed by atoms with E-state index in [9.17, 15) is 39.0 Å². The Morgan fingerprint density at radius 2 is 1.02 bits per heavy atom. The third kappa shape index (κ3) is 5.58. The van der Waals surface area contributed by atoms with Gasteiger partial charge in [0.25, 0.3) is 0 Å². The minimum absolute atomic E-state index is 0.00671. The smallest absolute Gasteiger partial charge is 0.344 e. The van der Waals surface area contributed by atoms with Crippen molar-refractivity contribution in [1.82, 2.24) is 0 Å². The monoisotopic (exact) mass is 898 g/mol. The third-order valence-corrected chi connectivity index (χ3v) is 23.3. The molecule has 13 fully saturated rings. The van der Waals surface area contributed by atoms with E-state index in [2.05, 4.69) is 6.92 Å². The second-order valence-corrected chi connectivity index (χ2v) is 25.9. The van der Waals surface area contributed by atoms with Crippen LogP contribution in [0.5, 0.6) is 0 Å². The van der Waals surface area contributed by atoms with Gasteiger partial charge in [-0.25, -0.2) is 4.79 Å². The highest BCUT2D eigenvalue weighted by molar-refractivity contribution is 5.96. The number of hydrogen-bond acceptors (Lipinski definition) is 11. The first-order chi connectivity index (χ1) is 31.1. The first-order valence-corrected chi connectivity index (χ1v) is 26.2. The van der Waals surface area contributed by atoms with E-state index in [1.807, 2.05) is 27.7 Å². The molecule has 29 atom stereocenters. The number of carboxylic acids is 1. The average molecular weight is 899 g/mol. The Hall–Kier alpha value is -3.02. The van der Waals surface area contributed by atoms with Crippen LogP contribution in [-0.2, 0) is 47.7 Å². The lowest BCUT2D eigenvalue weighted by atomic mass is 9.47. The molecule has 0 aromatic heterocycles. The summed E-state index contributed by atoms with van der Waals surface area (Å²) in [5, 5.41) is 20.1. The van der Waals surface area contributed by atoms with Crippen LogP contribution < -0.4 is 0 Å². The molecule has 29 unspecified atom stereocenters. The van der Waals surface area contributed by atoms with E-state index in [4.69, 9.17) is 18.9 Å². The molecule has 12 nitrogen and oxygen atoms in total. The van der Waals surface area contributed by atoms with Crippen LogP contribution in [0.4, 0.5) is 0 Å². The van der Waals surface area contributed by atoms with Gasteiger partial charge >= 0.3 is 35.8 Å². The molecule has 12 bridgehead atoms. The number of ether oxygens (including phenoxy) is 4. The fraction of sp³-hybridized carbons (Fsp3) is 0.887. The highest BCUT2D eigenvalue weighted by Crippen LogP contribution is 2.82. The number of rotatable bonds is 10. The predicted molar refractivity (Wildman–Crippen MR) is 228 cm³/mol. The molecule has 12 aliphatic carbocycles. The first kappa shape index (κ1) is 42.1. The minimum Gasteiger partial charge on any atom is -0.481 e. The van der Waals surface area contributed by atoms with E-state index < -0.39 is 35.3 Å². The Balaban J connectivity index is 0.859. The molecule has 0 spiro atoms. The minimum atomic E-state index is -0.655. The van der Waals surface area contributed by atoms with Crippen molar-refractivity contribution in [2.75, 3.05) is 19.8 Å². The van der Waals surface area contributed by atoms with E-state index in [0.717, 1.165) is 51.4 Å². The Morgan fingerprint density at radius 3 is 1.55 bits per heavy atom. The Morgan fingerprint density at radius 1 is 0.554 bits per heavy atom. The summed E-state index contributed by atoms with van der Waals surface area (Å²) in [7, 11) is 0. The molecule has 0 aromatic rings. The van der Waals surface area contributed by atoms with Crippen molar-refractivity contribution < 1.29 is 57.9 Å². The number of fused-ring (bicyclic) bond motifs is 27. The molecule has 2 N–H and O–H groups in total. The quantitative estimate of drug-likeness (QED) is 0.111. The molecule has 12 saturated carbocycles. The summed E-state index contributed by atoms with van der Waals surface area (Å²) in [4.78, 5) is 80.5. The van der Waals surface area contributed by atoms with Gasteiger partial charge in [-0.15, -0.1) is 0 Å². The van der Waals surface area contributed by atoms with Gasteiger partial charge in [0.1, 0.15) is 12.2 Å². The van der Waals surface area contributed by atoms with E-state index in [1.54, 1.807) is 0 Å². The molecule has 13 rings (SSSR count). The van der Waals surface area contributed by atoms with Gasteiger partial charge < -0.3 is 29.2 Å². The molecule has 65 heavy (non-hydrogen) atoms. The lowest BCUT2D eigenvalue weighted by Gasteiger charge is -2.57. The fourth-order valence-corrected chi connectivity index (χ4v) is 23.0. The maximum atomic E-state index is 14.2. The normalized spacial score (nSPS) is 56.1. The number of hydrogen-bond donors (Lipinski definition) is 2. The maximum absolute atomic E-state index is 14.2. The number of carboxylic acid groups (broad SMARTS) is 1. The van der Waals surface area contributed by atoms with Crippen LogP contribution in [0, 0.1) is 172 Å². The van der Waals surface area contributed by atoms with Gasteiger partial charge in [-0.2, -0.15) is 0 Å². The molecule has 1 heterocycles. The van der Waals surface area contributed by atoms with Crippen LogP contribution in [0.2, 0.25) is 0 Å². The fourth-order valence-electron chi connectivity index (χ4n) is 23.0. The molecule has 0 radical (unpaired) electrons. The van der Waals surface area contributed by atoms with Gasteiger partial charge in [0.2, 0.25) is 0 Å². The lowest BCUT2D eigenvalue weighted by Crippen LogP contribution is -2.54. The second-order valence-electron chi connectivity index (χ2n) is 25.9. The topological polar surface area (TPSA) is 180 Å². The Labute approximate surface area is 382 Å². The van der Waals surface area contributed by atoms with Crippen molar-refractivity contribution in [2.24, 2.45) is 172 Å². The lowest BCUT2D eigenvalue weighted by molar-refractivity contribution is -0.170. The summed E-state index contributed by atoms with van der Waals surface area (Å²) >= 11 is 0. The summed E-state index contributed by atoms with van der Waals surface area (Å²) in [6, 6.07) is 0. The van der Waals surface area contributed by atoms with Gasteiger partial charge in [-0.1, -0.05) is 13.8 Å². The second kappa shape index (κ2) is 14.3. The van der Waals surface area contributed by atoms with Gasteiger partial charge in [0.05, 0.1) is 36.2 Å². The highest BCUT2D eigenvalue weighted by atomic mass is 16.6. The zero-order valence-corrected chi connectivity index (χ0v) is 38.7. The van der Waals surface area contributed by atoms with Crippen LogP contribution in [0.1, 0.15) is 92.4 Å². The highest BCUT2D eigenvalue weighted by Gasteiger charge is 2.78. The number of carbonyl (C=O) groups excluding carboxylic acids is 5. The van der Waals surface area contributed by atoms with Crippen molar-refractivity contribution in [2.45, 2.75) is 98.0 Å². The van der Waals surface area contributed by atoms with Gasteiger partial charge in [0, 0.05) is 0 Å². The molecule has 1 aliphatic heterocycles. The van der Waals surface area contributed by atoms with Gasteiger partial charge in [-0.3, -0.25) is 24.0 Å².